The SMILES string of the molecule is C=CCC(CC)CCNCc1ccc(-c2ccco2)cc1. The highest BCUT2D eigenvalue weighted by atomic mass is 16.3. The van der Waals surface area contributed by atoms with E-state index in [9.17, 15) is 0 Å². The fourth-order valence-corrected chi connectivity index (χ4v) is 2.49. The van der Waals surface area contributed by atoms with Gasteiger partial charge in [-0.25, -0.2) is 0 Å². The minimum atomic E-state index is 0.760. The summed E-state index contributed by atoms with van der Waals surface area (Å²) in [6.45, 7) is 8.06. The van der Waals surface area contributed by atoms with Crippen LogP contribution in [0.5, 0.6) is 0 Å². The maximum Gasteiger partial charge on any atom is 0.133 e. The van der Waals surface area contributed by atoms with Crippen molar-refractivity contribution < 1.29 is 4.42 Å². The third-order valence-corrected chi connectivity index (χ3v) is 3.90. The summed E-state index contributed by atoms with van der Waals surface area (Å²) in [4.78, 5) is 0. The van der Waals surface area contributed by atoms with E-state index >= 15 is 0 Å². The lowest BCUT2D eigenvalue weighted by Gasteiger charge is -2.13. The Morgan fingerprint density at radius 2 is 2.05 bits per heavy atom. The van der Waals surface area contributed by atoms with Gasteiger partial charge in [0.2, 0.25) is 0 Å². The smallest absolute Gasteiger partial charge is 0.133 e. The molecule has 0 bridgehead atoms. The summed E-state index contributed by atoms with van der Waals surface area (Å²) in [5, 5.41) is 3.52. The summed E-state index contributed by atoms with van der Waals surface area (Å²) in [5.41, 5.74) is 2.43. The molecule has 1 atom stereocenters. The zero-order valence-electron chi connectivity index (χ0n) is 12.8. The molecule has 112 valence electrons. The Kier molecular flexibility index (Phi) is 6.29. The monoisotopic (exact) mass is 283 g/mol. The van der Waals surface area contributed by atoms with Crippen molar-refractivity contribution in [3.8, 4) is 11.3 Å². The number of hydrogen-bond donors (Lipinski definition) is 1. The Morgan fingerprint density at radius 1 is 1.24 bits per heavy atom. The first-order valence-electron chi connectivity index (χ1n) is 7.78. The average Bonchev–Trinajstić information content (AvgIpc) is 3.05. The summed E-state index contributed by atoms with van der Waals surface area (Å²) in [5.74, 6) is 1.68. The van der Waals surface area contributed by atoms with Gasteiger partial charge in [0.15, 0.2) is 0 Å². The van der Waals surface area contributed by atoms with Gasteiger partial charge in [-0.2, -0.15) is 0 Å². The molecule has 0 saturated carbocycles. The van der Waals surface area contributed by atoms with Gasteiger partial charge in [0.25, 0.3) is 0 Å². The van der Waals surface area contributed by atoms with Crippen LogP contribution in [0.1, 0.15) is 31.7 Å². The molecule has 0 aliphatic carbocycles. The summed E-state index contributed by atoms with van der Waals surface area (Å²) < 4.78 is 5.40. The molecule has 0 aliphatic rings. The van der Waals surface area contributed by atoms with Crippen LogP contribution in [0.4, 0.5) is 0 Å². The van der Waals surface area contributed by atoms with E-state index in [1.165, 1.54) is 18.4 Å². The summed E-state index contributed by atoms with van der Waals surface area (Å²) in [6, 6.07) is 12.4. The molecule has 1 heterocycles. The van der Waals surface area contributed by atoms with Gasteiger partial charge in [-0.1, -0.05) is 43.7 Å². The predicted molar refractivity (Wildman–Crippen MR) is 89.1 cm³/mol. The Balaban J connectivity index is 1.75. The fraction of sp³-hybridized carbons (Fsp3) is 0.368. The van der Waals surface area contributed by atoms with Gasteiger partial charge in [-0.15, -0.1) is 6.58 Å². The molecule has 2 rings (SSSR count). The lowest BCUT2D eigenvalue weighted by Crippen LogP contribution is -2.17. The molecule has 1 N–H and O–H groups in total. The highest BCUT2D eigenvalue weighted by Crippen LogP contribution is 2.20. The predicted octanol–water partition coefficient (Wildman–Crippen LogP) is 5.03. The van der Waals surface area contributed by atoms with E-state index in [0.29, 0.717) is 0 Å². The molecule has 2 heteroatoms. The average molecular weight is 283 g/mol. The standard InChI is InChI=1S/C19H25NO/c1-3-6-16(4-2)12-13-20-15-17-8-10-18(11-9-17)19-7-5-14-21-19/h3,5,7-11,14,16,20H,1,4,6,12-13,15H2,2H3. The first-order valence-corrected chi connectivity index (χ1v) is 7.78. The zero-order valence-corrected chi connectivity index (χ0v) is 12.8. The van der Waals surface area contributed by atoms with Crippen molar-refractivity contribution in [1.29, 1.82) is 0 Å². The topological polar surface area (TPSA) is 25.2 Å². The molecule has 0 fully saturated rings. The Bertz CT molecular complexity index is 513. The van der Waals surface area contributed by atoms with Crippen LogP contribution in [0.15, 0.2) is 59.7 Å². The van der Waals surface area contributed by atoms with Gasteiger partial charge < -0.3 is 9.73 Å². The minimum Gasteiger partial charge on any atom is -0.464 e. The number of furan rings is 1. The lowest BCUT2D eigenvalue weighted by atomic mass is 9.98. The molecule has 0 spiro atoms. The number of hydrogen-bond acceptors (Lipinski definition) is 2. The maximum atomic E-state index is 5.40. The second-order valence-corrected chi connectivity index (χ2v) is 5.44. The highest BCUT2D eigenvalue weighted by molar-refractivity contribution is 5.57. The first-order chi connectivity index (χ1) is 10.3. The maximum absolute atomic E-state index is 5.40. The third-order valence-electron chi connectivity index (χ3n) is 3.90. The number of allylic oxidation sites excluding steroid dienone is 1. The summed E-state index contributed by atoms with van der Waals surface area (Å²) in [6.07, 6.45) is 7.30. The molecule has 0 saturated heterocycles. The van der Waals surface area contributed by atoms with Gasteiger partial charge in [0.05, 0.1) is 6.26 Å². The van der Waals surface area contributed by atoms with E-state index in [1.807, 2.05) is 18.2 Å². The van der Waals surface area contributed by atoms with Crippen LogP contribution in [0.3, 0.4) is 0 Å². The van der Waals surface area contributed by atoms with Crippen molar-refractivity contribution in [2.75, 3.05) is 6.54 Å². The molecule has 2 aromatic rings. The highest BCUT2D eigenvalue weighted by Gasteiger charge is 2.04. The van der Waals surface area contributed by atoms with E-state index < -0.39 is 0 Å². The van der Waals surface area contributed by atoms with Crippen LogP contribution >= 0.6 is 0 Å². The fourth-order valence-electron chi connectivity index (χ4n) is 2.49. The molecule has 1 aromatic carbocycles. The Labute approximate surface area is 127 Å². The summed E-state index contributed by atoms with van der Waals surface area (Å²) in [7, 11) is 0. The van der Waals surface area contributed by atoms with Crippen LogP contribution in [-0.2, 0) is 6.54 Å². The van der Waals surface area contributed by atoms with Gasteiger partial charge in [0, 0.05) is 12.1 Å². The second kappa shape index (κ2) is 8.48. The summed E-state index contributed by atoms with van der Waals surface area (Å²) >= 11 is 0. The van der Waals surface area contributed by atoms with E-state index in [1.54, 1.807) is 6.26 Å². The van der Waals surface area contributed by atoms with Gasteiger partial charge in [0.1, 0.15) is 5.76 Å². The molecule has 1 unspecified atom stereocenters. The van der Waals surface area contributed by atoms with Crippen molar-refractivity contribution in [1.82, 2.24) is 5.32 Å². The number of rotatable bonds is 9. The Morgan fingerprint density at radius 3 is 2.67 bits per heavy atom. The lowest BCUT2D eigenvalue weighted by molar-refractivity contribution is 0.456. The van der Waals surface area contributed by atoms with Crippen molar-refractivity contribution in [3.05, 3.63) is 60.9 Å². The van der Waals surface area contributed by atoms with Crippen LogP contribution in [0.2, 0.25) is 0 Å². The van der Waals surface area contributed by atoms with Crippen LogP contribution < -0.4 is 5.32 Å². The zero-order chi connectivity index (χ0) is 14.9. The van der Waals surface area contributed by atoms with Gasteiger partial charge in [-0.3, -0.25) is 0 Å². The van der Waals surface area contributed by atoms with Crippen molar-refractivity contribution >= 4 is 0 Å². The third kappa shape index (κ3) is 4.91. The number of benzene rings is 1. The molecule has 0 aliphatic heterocycles. The van der Waals surface area contributed by atoms with Gasteiger partial charge >= 0.3 is 0 Å². The van der Waals surface area contributed by atoms with Crippen LogP contribution in [-0.4, -0.2) is 6.54 Å². The largest absolute Gasteiger partial charge is 0.464 e. The molecular formula is C19H25NO. The van der Waals surface area contributed by atoms with Crippen molar-refractivity contribution in [2.24, 2.45) is 5.92 Å². The first kappa shape index (κ1) is 15.6. The quantitative estimate of drug-likeness (QED) is 0.516. The van der Waals surface area contributed by atoms with Crippen LogP contribution in [0, 0.1) is 5.92 Å². The van der Waals surface area contributed by atoms with E-state index in [4.69, 9.17) is 4.42 Å². The van der Waals surface area contributed by atoms with Crippen LogP contribution in [0.25, 0.3) is 11.3 Å². The van der Waals surface area contributed by atoms with Crippen molar-refractivity contribution in [2.45, 2.75) is 32.7 Å². The normalized spacial score (nSPS) is 12.2. The minimum absolute atomic E-state index is 0.760. The van der Waals surface area contributed by atoms with Crippen molar-refractivity contribution in [3.63, 3.8) is 0 Å². The van der Waals surface area contributed by atoms with E-state index in [-0.39, 0.29) is 0 Å². The molecule has 0 amide bonds. The molecule has 0 radical (unpaired) electrons. The second-order valence-electron chi connectivity index (χ2n) is 5.44. The number of nitrogens with one attached hydrogen (secondary N) is 1. The molecule has 1 aromatic heterocycles. The van der Waals surface area contributed by atoms with Gasteiger partial charge in [-0.05, 0) is 43.0 Å². The molecule has 21 heavy (non-hydrogen) atoms. The van der Waals surface area contributed by atoms with E-state index in [0.717, 1.165) is 36.8 Å². The Hall–Kier alpha value is -1.80. The molecular weight excluding hydrogens is 258 g/mol. The molecule has 2 nitrogen and oxygen atoms in total. The van der Waals surface area contributed by atoms with E-state index in [2.05, 4.69) is 43.1 Å².